The van der Waals surface area contributed by atoms with Crippen molar-refractivity contribution in [2.75, 3.05) is 6.61 Å². The Morgan fingerprint density at radius 1 is 1.47 bits per heavy atom. The molecule has 0 amide bonds. The Kier molecular flexibility index (Phi) is 2.46. The summed E-state index contributed by atoms with van der Waals surface area (Å²) < 4.78 is 11.2. The van der Waals surface area contributed by atoms with Crippen molar-refractivity contribution < 1.29 is 14.3 Å². The van der Waals surface area contributed by atoms with Gasteiger partial charge in [0.05, 0.1) is 18.0 Å². The summed E-state index contributed by atoms with van der Waals surface area (Å²) in [5.74, 6) is 0.896. The molecular weight excluding hydrogens is 194 g/mol. The largest absolute Gasteiger partial charge is 0.485 e. The van der Waals surface area contributed by atoms with Crippen LogP contribution in [0.1, 0.15) is 27.7 Å². The summed E-state index contributed by atoms with van der Waals surface area (Å²) in [5, 5.41) is 3.98. The molecule has 84 valence electrons. The maximum atomic E-state index is 5.64. The molecule has 2 atom stereocenters. The molecule has 2 aliphatic heterocycles. The number of nitrogens with zero attached hydrogens (tertiary/aromatic N) is 1. The second kappa shape index (κ2) is 3.52. The van der Waals surface area contributed by atoms with E-state index in [9.17, 15) is 0 Å². The van der Waals surface area contributed by atoms with Gasteiger partial charge in [0.1, 0.15) is 5.71 Å². The van der Waals surface area contributed by atoms with Gasteiger partial charge < -0.3 is 14.3 Å². The highest BCUT2D eigenvalue weighted by molar-refractivity contribution is 5.92. The van der Waals surface area contributed by atoms with Gasteiger partial charge in [-0.05, 0) is 27.7 Å². The van der Waals surface area contributed by atoms with Crippen molar-refractivity contribution in [3.05, 3.63) is 11.8 Å². The zero-order valence-electron chi connectivity index (χ0n) is 9.61. The van der Waals surface area contributed by atoms with Crippen LogP contribution in [0.4, 0.5) is 0 Å². The van der Waals surface area contributed by atoms with E-state index in [1.54, 1.807) is 0 Å². The number of hydrogen-bond acceptors (Lipinski definition) is 4. The number of ether oxygens (including phenoxy) is 2. The molecule has 15 heavy (non-hydrogen) atoms. The van der Waals surface area contributed by atoms with Crippen molar-refractivity contribution in [3.8, 4) is 0 Å². The monoisotopic (exact) mass is 211 g/mol. The van der Waals surface area contributed by atoms with Gasteiger partial charge in [-0.1, -0.05) is 5.16 Å². The third kappa shape index (κ3) is 2.31. The fraction of sp³-hybridized carbons (Fsp3) is 0.727. The first-order valence-corrected chi connectivity index (χ1v) is 5.17. The zero-order valence-corrected chi connectivity index (χ0v) is 9.61. The predicted molar refractivity (Wildman–Crippen MR) is 56.6 cm³/mol. The quantitative estimate of drug-likeness (QED) is 0.700. The smallest absolute Gasteiger partial charge is 0.191 e. The van der Waals surface area contributed by atoms with E-state index < -0.39 is 0 Å². The summed E-state index contributed by atoms with van der Waals surface area (Å²) in [7, 11) is 0. The van der Waals surface area contributed by atoms with E-state index in [0.29, 0.717) is 6.61 Å². The normalized spacial score (nSPS) is 29.1. The molecule has 4 heteroatoms. The maximum absolute atomic E-state index is 5.64. The van der Waals surface area contributed by atoms with Crippen LogP contribution in [-0.2, 0) is 14.3 Å². The van der Waals surface area contributed by atoms with E-state index >= 15 is 0 Å². The summed E-state index contributed by atoms with van der Waals surface area (Å²) in [6, 6.07) is 0. The zero-order chi connectivity index (χ0) is 11.1. The Balaban J connectivity index is 1.91. The van der Waals surface area contributed by atoms with E-state index in [4.69, 9.17) is 14.3 Å². The van der Waals surface area contributed by atoms with Gasteiger partial charge in [0.2, 0.25) is 0 Å². The summed E-state index contributed by atoms with van der Waals surface area (Å²) in [4.78, 5) is 5.23. The Bertz CT molecular complexity index is 314. The van der Waals surface area contributed by atoms with Gasteiger partial charge in [0, 0.05) is 6.08 Å². The summed E-state index contributed by atoms with van der Waals surface area (Å²) in [5.41, 5.74) is 0.671. The highest BCUT2D eigenvalue weighted by Crippen LogP contribution is 2.26. The third-order valence-electron chi connectivity index (χ3n) is 2.28. The molecule has 0 aromatic rings. The average molecular weight is 211 g/mol. The van der Waals surface area contributed by atoms with Gasteiger partial charge in [0.25, 0.3) is 0 Å². The van der Waals surface area contributed by atoms with Crippen molar-refractivity contribution >= 4 is 5.71 Å². The number of hydrogen-bond donors (Lipinski definition) is 0. The molecule has 0 unspecified atom stereocenters. The van der Waals surface area contributed by atoms with Crippen LogP contribution in [0, 0.1) is 0 Å². The topological polar surface area (TPSA) is 40.0 Å². The van der Waals surface area contributed by atoms with Gasteiger partial charge in [0.15, 0.2) is 12.2 Å². The Hall–Kier alpha value is -1.03. The molecule has 0 saturated heterocycles. The van der Waals surface area contributed by atoms with E-state index in [1.807, 2.05) is 33.8 Å². The van der Waals surface area contributed by atoms with Crippen LogP contribution in [-0.4, -0.2) is 30.1 Å². The van der Waals surface area contributed by atoms with E-state index in [2.05, 4.69) is 5.16 Å². The van der Waals surface area contributed by atoms with Gasteiger partial charge in [-0.3, -0.25) is 0 Å². The Morgan fingerprint density at radius 3 is 2.87 bits per heavy atom. The summed E-state index contributed by atoms with van der Waals surface area (Å²) in [6.07, 6.45) is 1.81. The summed E-state index contributed by atoms with van der Waals surface area (Å²) >= 11 is 0. The van der Waals surface area contributed by atoms with Crippen LogP contribution < -0.4 is 0 Å². The Morgan fingerprint density at radius 2 is 2.20 bits per heavy atom. The first kappa shape index (κ1) is 10.5. The van der Waals surface area contributed by atoms with Crippen LogP contribution in [0.25, 0.3) is 0 Å². The highest BCUT2D eigenvalue weighted by Gasteiger charge is 2.39. The molecule has 0 aromatic heterocycles. The second-order valence-electron chi connectivity index (χ2n) is 4.87. The molecule has 0 saturated carbocycles. The molecule has 2 aliphatic rings. The van der Waals surface area contributed by atoms with E-state index in [-0.39, 0.29) is 17.8 Å². The van der Waals surface area contributed by atoms with Gasteiger partial charge in [-0.2, -0.15) is 0 Å². The van der Waals surface area contributed by atoms with Crippen molar-refractivity contribution in [1.29, 1.82) is 0 Å². The standard InChI is InChI=1S/C11H17NO3/c1-7-5-9-10(14-7)8(12-15-9)6-13-11(2,3)4/h5,9-10H,6H2,1-4H3/t9-,10-/m0/s1. The first-order valence-electron chi connectivity index (χ1n) is 5.17. The average Bonchev–Trinajstić information content (AvgIpc) is 2.58. The molecule has 0 spiro atoms. The highest BCUT2D eigenvalue weighted by atomic mass is 16.7. The van der Waals surface area contributed by atoms with Gasteiger partial charge in [-0.15, -0.1) is 0 Å². The lowest BCUT2D eigenvalue weighted by atomic mass is 10.1. The minimum Gasteiger partial charge on any atom is -0.485 e. The molecule has 0 aromatic carbocycles. The van der Waals surface area contributed by atoms with E-state index in [0.717, 1.165) is 11.5 Å². The summed E-state index contributed by atoms with van der Waals surface area (Å²) in [6.45, 7) is 8.43. The number of allylic oxidation sites excluding steroid dienone is 1. The molecule has 0 bridgehead atoms. The second-order valence-corrected chi connectivity index (χ2v) is 4.87. The van der Waals surface area contributed by atoms with Crippen LogP contribution in [0.2, 0.25) is 0 Å². The Labute approximate surface area is 89.9 Å². The first-order chi connectivity index (χ1) is 6.96. The third-order valence-corrected chi connectivity index (χ3v) is 2.28. The van der Waals surface area contributed by atoms with Crippen LogP contribution in [0.5, 0.6) is 0 Å². The number of rotatable bonds is 2. The SMILES string of the molecule is CC1=C[C@@H]2ON=C(COC(C)(C)C)[C@@H]2O1. The van der Waals surface area contributed by atoms with Crippen molar-refractivity contribution in [3.63, 3.8) is 0 Å². The van der Waals surface area contributed by atoms with Gasteiger partial charge >= 0.3 is 0 Å². The van der Waals surface area contributed by atoms with Crippen molar-refractivity contribution in [1.82, 2.24) is 0 Å². The van der Waals surface area contributed by atoms with Crippen LogP contribution >= 0.6 is 0 Å². The molecule has 4 nitrogen and oxygen atoms in total. The number of fused-ring (bicyclic) bond motifs is 1. The van der Waals surface area contributed by atoms with Crippen molar-refractivity contribution in [2.45, 2.75) is 45.5 Å². The fourth-order valence-electron chi connectivity index (χ4n) is 1.55. The lowest BCUT2D eigenvalue weighted by Crippen LogP contribution is -2.32. The minimum atomic E-state index is -0.165. The molecule has 0 N–H and O–H groups in total. The van der Waals surface area contributed by atoms with Crippen LogP contribution in [0.15, 0.2) is 17.0 Å². The molecule has 0 radical (unpaired) electrons. The maximum Gasteiger partial charge on any atom is 0.191 e. The number of oxime groups is 1. The molecule has 0 fully saturated rings. The molecule has 2 heterocycles. The van der Waals surface area contributed by atoms with Crippen LogP contribution in [0.3, 0.4) is 0 Å². The predicted octanol–water partition coefficient (Wildman–Crippen LogP) is 1.86. The lowest BCUT2D eigenvalue weighted by molar-refractivity contribution is 0.0177. The molecular formula is C11H17NO3. The lowest BCUT2D eigenvalue weighted by Gasteiger charge is -2.20. The molecule has 0 aliphatic carbocycles. The van der Waals surface area contributed by atoms with E-state index in [1.165, 1.54) is 0 Å². The fourth-order valence-corrected chi connectivity index (χ4v) is 1.55. The van der Waals surface area contributed by atoms with Crippen molar-refractivity contribution in [2.24, 2.45) is 5.16 Å². The van der Waals surface area contributed by atoms with Gasteiger partial charge in [-0.25, -0.2) is 0 Å². The molecule has 2 rings (SSSR count). The minimum absolute atomic E-state index is 0.0523.